The molecule has 106 valence electrons. The van der Waals surface area contributed by atoms with E-state index < -0.39 is 0 Å². The fourth-order valence-corrected chi connectivity index (χ4v) is 4.13. The van der Waals surface area contributed by atoms with Gasteiger partial charge in [0.1, 0.15) is 0 Å². The van der Waals surface area contributed by atoms with Gasteiger partial charge in [-0.25, -0.2) is 4.98 Å². The predicted octanol–water partition coefficient (Wildman–Crippen LogP) is 4.29. The molecule has 1 heterocycles. The van der Waals surface area contributed by atoms with Gasteiger partial charge in [-0.3, -0.25) is 0 Å². The molecular formula is C16H19BrN2S. The van der Waals surface area contributed by atoms with Gasteiger partial charge >= 0.3 is 0 Å². The number of rotatable bonds is 5. The van der Waals surface area contributed by atoms with Crippen LogP contribution in [0.5, 0.6) is 0 Å². The summed E-state index contributed by atoms with van der Waals surface area (Å²) in [6, 6.07) is 9.27. The number of aryl methyl sites for hydroxylation is 1. The van der Waals surface area contributed by atoms with Crippen molar-refractivity contribution in [1.82, 2.24) is 10.3 Å². The summed E-state index contributed by atoms with van der Waals surface area (Å²) in [5.74, 6) is 0.713. The number of nitrogens with one attached hydrogen (secondary N) is 1. The van der Waals surface area contributed by atoms with Crippen LogP contribution in [0.15, 0.2) is 34.1 Å². The van der Waals surface area contributed by atoms with Crippen molar-refractivity contribution in [3.8, 4) is 0 Å². The molecule has 1 aliphatic carbocycles. The Bertz CT molecular complexity index is 575. The maximum Gasteiger partial charge on any atom is 0.0940 e. The van der Waals surface area contributed by atoms with Gasteiger partial charge in [0.2, 0.25) is 0 Å². The molecule has 20 heavy (non-hydrogen) atoms. The van der Waals surface area contributed by atoms with E-state index in [1.807, 2.05) is 0 Å². The Morgan fingerprint density at radius 1 is 1.35 bits per heavy atom. The molecule has 1 saturated carbocycles. The zero-order chi connectivity index (χ0) is 13.9. The van der Waals surface area contributed by atoms with Gasteiger partial charge in [-0.1, -0.05) is 34.1 Å². The van der Waals surface area contributed by atoms with E-state index in [0.717, 1.165) is 18.7 Å². The van der Waals surface area contributed by atoms with Crippen molar-refractivity contribution in [1.29, 1.82) is 0 Å². The van der Waals surface area contributed by atoms with Gasteiger partial charge in [0.15, 0.2) is 0 Å². The highest BCUT2D eigenvalue weighted by atomic mass is 79.9. The first-order valence-corrected chi connectivity index (χ1v) is 8.78. The third kappa shape index (κ3) is 3.30. The van der Waals surface area contributed by atoms with E-state index in [9.17, 15) is 0 Å². The molecule has 0 atom stereocenters. The lowest BCUT2D eigenvalue weighted by Gasteiger charge is -2.37. The number of benzene rings is 1. The van der Waals surface area contributed by atoms with Crippen LogP contribution in [-0.2, 0) is 6.42 Å². The lowest BCUT2D eigenvalue weighted by molar-refractivity contribution is 0.292. The molecule has 1 fully saturated rings. The molecule has 0 aliphatic heterocycles. The first-order valence-electron chi connectivity index (χ1n) is 7.11. The topological polar surface area (TPSA) is 24.9 Å². The lowest BCUT2D eigenvalue weighted by atomic mass is 9.76. The van der Waals surface area contributed by atoms with Crippen molar-refractivity contribution < 1.29 is 0 Å². The minimum Gasteiger partial charge on any atom is -0.314 e. The van der Waals surface area contributed by atoms with E-state index in [4.69, 9.17) is 0 Å². The zero-order valence-electron chi connectivity index (χ0n) is 11.6. The average molecular weight is 351 g/mol. The highest BCUT2D eigenvalue weighted by Crippen LogP contribution is 2.39. The van der Waals surface area contributed by atoms with E-state index in [0.29, 0.717) is 12.0 Å². The first kappa shape index (κ1) is 14.2. The van der Waals surface area contributed by atoms with Crippen LogP contribution in [0, 0.1) is 6.92 Å². The van der Waals surface area contributed by atoms with Crippen LogP contribution < -0.4 is 5.32 Å². The molecule has 2 nitrogen and oxygen atoms in total. The molecule has 0 saturated heterocycles. The molecule has 0 bridgehead atoms. The van der Waals surface area contributed by atoms with E-state index in [1.54, 1.807) is 11.3 Å². The molecule has 4 heteroatoms. The van der Waals surface area contributed by atoms with Crippen molar-refractivity contribution in [3.63, 3.8) is 0 Å². The Morgan fingerprint density at radius 2 is 2.15 bits per heavy atom. The second-order valence-electron chi connectivity index (χ2n) is 5.47. The van der Waals surface area contributed by atoms with E-state index in [1.165, 1.54) is 27.9 Å². The van der Waals surface area contributed by atoms with Crippen LogP contribution in [0.4, 0.5) is 0 Å². The van der Waals surface area contributed by atoms with Crippen molar-refractivity contribution >= 4 is 27.3 Å². The fourth-order valence-electron chi connectivity index (χ4n) is 2.75. The Kier molecular flexibility index (Phi) is 4.54. The summed E-state index contributed by atoms with van der Waals surface area (Å²) in [6.07, 6.45) is 3.55. The van der Waals surface area contributed by atoms with Gasteiger partial charge in [0, 0.05) is 34.6 Å². The number of aromatic nitrogens is 1. The quantitative estimate of drug-likeness (QED) is 0.869. The molecule has 1 aromatic heterocycles. The summed E-state index contributed by atoms with van der Waals surface area (Å²) in [7, 11) is 0. The monoisotopic (exact) mass is 350 g/mol. The number of halogens is 1. The molecule has 0 unspecified atom stereocenters. The van der Waals surface area contributed by atoms with Gasteiger partial charge in [0.25, 0.3) is 0 Å². The Morgan fingerprint density at radius 3 is 2.85 bits per heavy atom. The Hall–Kier alpha value is -0.710. The molecule has 1 aromatic carbocycles. The summed E-state index contributed by atoms with van der Waals surface area (Å²) in [4.78, 5) is 4.50. The third-order valence-corrected chi connectivity index (χ3v) is 5.67. The number of hydrogen-bond acceptors (Lipinski definition) is 3. The van der Waals surface area contributed by atoms with E-state index >= 15 is 0 Å². The SMILES string of the molecule is Cc1csc(CCNC2CC(c3ccccc3Br)C2)n1. The highest BCUT2D eigenvalue weighted by Gasteiger charge is 2.30. The van der Waals surface area contributed by atoms with Crippen LogP contribution in [0.3, 0.4) is 0 Å². The third-order valence-electron chi connectivity index (χ3n) is 3.92. The molecule has 2 aromatic rings. The summed E-state index contributed by atoms with van der Waals surface area (Å²) < 4.78 is 1.25. The standard InChI is InChI=1S/C16H19BrN2S/c1-11-10-20-16(19-11)6-7-18-13-8-12(9-13)14-4-2-3-5-15(14)17/h2-5,10,12-13,18H,6-9H2,1H3. The van der Waals surface area contributed by atoms with Crippen LogP contribution in [0.2, 0.25) is 0 Å². The van der Waals surface area contributed by atoms with Crippen molar-refractivity contribution in [2.75, 3.05) is 6.54 Å². The van der Waals surface area contributed by atoms with Crippen LogP contribution in [0.25, 0.3) is 0 Å². The van der Waals surface area contributed by atoms with Crippen LogP contribution in [0.1, 0.15) is 35.0 Å². The Labute approximate surface area is 132 Å². The number of hydrogen-bond donors (Lipinski definition) is 1. The lowest BCUT2D eigenvalue weighted by Crippen LogP contribution is -2.41. The van der Waals surface area contributed by atoms with Crippen LogP contribution >= 0.6 is 27.3 Å². The van der Waals surface area contributed by atoms with E-state index in [-0.39, 0.29) is 0 Å². The predicted molar refractivity (Wildman–Crippen MR) is 88.5 cm³/mol. The second kappa shape index (κ2) is 6.37. The highest BCUT2D eigenvalue weighted by molar-refractivity contribution is 9.10. The molecule has 0 radical (unpaired) electrons. The zero-order valence-corrected chi connectivity index (χ0v) is 14.0. The fraction of sp³-hybridized carbons (Fsp3) is 0.438. The molecule has 0 amide bonds. The molecular weight excluding hydrogens is 332 g/mol. The molecule has 1 aliphatic rings. The van der Waals surface area contributed by atoms with Crippen molar-refractivity contribution in [2.24, 2.45) is 0 Å². The van der Waals surface area contributed by atoms with Crippen molar-refractivity contribution in [2.45, 2.75) is 38.1 Å². The first-order chi connectivity index (χ1) is 9.72. The second-order valence-corrected chi connectivity index (χ2v) is 7.27. The van der Waals surface area contributed by atoms with Crippen LogP contribution in [-0.4, -0.2) is 17.6 Å². The van der Waals surface area contributed by atoms with E-state index in [2.05, 4.69) is 62.8 Å². The number of nitrogens with zero attached hydrogens (tertiary/aromatic N) is 1. The maximum absolute atomic E-state index is 4.50. The molecule has 1 N–H and O–H groups in total. The summed E-state index contributed by atoms with van der Waals surface area (Å²) in [5, 5.41) is 7.02. The Balaban J connectivity index is 1.41. The van der Waals surface area contributed by atoms with Gasteiger partial charge in [-0.2, -0.15) is 0 Å². The van der Waals surface area contributed by atoms with Gasteiger partial charge in [-0.15, -0.1) is 11.3 Å². The van der Waals surface area contributed by atoms with Gasteiger partial charge in [0.05, 0.1) is 5.01 Å². The smallest absolute Gasteiger partial charge is 0.0940 e. The average Bonchev–Trinajstić information content (AvgIpc) is 2.79. The normalized spacial score (nSPS) is 21.7. The van der Waals surface area contributed by atoms with Gasteiger partial charge < -0.3 is 5.32 Å². The molecule has 0 spiro atoms. The van der Waals surface area contributed by atoms with Gasteiger partial charge in [-0.05, 0) is 37.3 Å². The molecule has 3 rings (SSSR count). The minimum absolute atomic E-state index is 0.674. The largest absolute Gasteiger partial charge is 0.314 e. The van der Waals surface area contributed by atoms with Crippen molar-refractivity contribution in [3.05, 3.63) is 50.4 Å². The summed E-state index contributed by atoms with van der Waals surface area (Å²) >= 11 is 5.42. The number of thiazole rings is 1. The minimum atomic E-state index is 0.674. The summed E-state index contributed by atoms with van der Waals surface area (Å²) in [5.41, 5.74) is 2.60. The maximum atomic E-state index is 4.50. The summed E-state index contributed by atoms with van der Waals surface area (Å²) in [6.45, 7) is 3.10.